The third-order valence-electron chi connectivity index (χ3n) is 4.32. The maximum atomic E-state index is 13.7. The second-order valence-corrected chi connectivity index (χ2v) is 6.64. The number of carbonyl (C=O) groups excluding carboxylic acids is 1. The lowest BCUT2D eigenvalue weighted by atomic mass is 10.1. The molecular weight excluding hydrogens is 438 g/mol. The third kappa shape index (κ3) is 5.36. The topological polar surface area (TPSA) is 123 Å². The zero-order chi connectivity index (χ0) is 23.5. The fourth-order valence-corrected chi connectivity index (χ4v) is 2.59. The third-order valence-corrected chi connectivity index (χ3v) is 4.32. The van der Waals surface area contributed by atoms with Gasteiger partial charge in [-0.15, -0.1) is 0 Å². The van der Waals surface area contributed by atoms with Gasteiger partial charge in [0.15, 0.2) is 0 Å². The summed E-state index contributed by atoms with van der Waals surface area (Å²) < 4.78 is 56.9. The van der Waals surface area contributed by atoms with Crippen molar-refractivity contribution in [3.05, 3.63) is 69.3 Å². The average molecular weight is 453 g/mol. The van der Waals surface area contributed by atoms with E-state index in [0.29, 0.717) is 23.3 Å². The van der Waals surface area contributed by atoms with Crippen molar-refractivity contribution in [2.24, 2.45) is 0 Å². The van der Waals surface area contributed by atoms with Gasteiger partial charge in [-0.05, 0) is 30.7 Å². The molecule has 13 heteroatoms. The summed E-state index contributed by atoms with van der Waals surface area (Å²) in [6.45, 7) is 1.60. The maximum absolute atomic E-state index is 13.7. The van der Waals surface area contributed by atoms with E-state index in [-0.39, 0.29) is 30.2 Å². The molecule has 1 heterocycles. The van der Waals surface area contributed by atoms with Crippen LogP contribution in [0.4, 0.5) is 28.9 Å². The molecule has 32 heavy (non-hydrogen) atoms. The minimum Gasteiger partial charge on any atom is -0.339 e. The summed E-state index contributed by atoms with van der Waals surface area (Å²) in [6.07, 6.45) is -4.92. The molecule has 0 atom stereocenters. The SMILES string of the molecule is Cc1ccc(-c2noc(CCC(=O)NNc3ccc(C(F)(F)F)cc3[N+](=O)[O-])n2)cc1F. The lowest BCUT2D eigenvalue weighted by Gasteiger charge is -2.11. The number of hydrazine groups is 1. The number of alkyl halides is 3. The van der Waals surface area contributed by atoms with E-state index in [1.165, 1.54) is 6.07 Å². The minimum absolute atomic E-state index is 0.00393. The van der Waals surface area contributed by atoms with Crippen LogP contribution in [0.2, 0.25) is 0 Å². The number of aromatic nitrogens is 2. The van der Waals surface area contributed by atoms with Gasteiger partial charge in [0.05, 0.1) is 10.5 Å². The second kappa shape index (κ2) is 8.99. The van der Waals surface area contributed by atoms with Crippen LogP contribution in [0.15, 0.2) is 40.9 Å². The van der Waals surface area contributed by atoms with Crippen molar-refractivity contribution in [3.63, 3.8) is 0 Å². The predicted octanol–water partition coefficient (Wildman–Crippen LogP) is 4.19. The van der Waals surface area contributed by atoms with E-state index in [2.05, 4.69) is 21.0 Å². The number of benzene rings is 2. The van der Waals surface area contributed by atoms with Crippen LogP contribution in [0.1, 0.15) is 23.4 Å². The first-order chi connectivity index (χ1) is 15.0. The molecule has 3 aromatic rings. The number of rotatable bonds is 7. The molecule has 2 aromatic carbocycles. The molecule has 0 fully saturated rings. The van der Waals surface area contributed by atoms with Crippen LogP contribution in [0.3, 0.4) is 0 Å². The van der Waals surface area contributed by atoms with Crippen molar-refractivity contribution in [2.45, 2.75) is 25.9 Å². The predicted molar refractivity (Wildman–Crippen MR) is 103 cm³/mol. The number of amides is 1. The average Bonchev–Trinajstić information content (AvgIpc) is 3.21. The molecule has 1 aromatic heterocycles. The first-order valence-electron chi connectivity index (χ1n) is 9.04. The van der Waals surface area contributed by atoms with Crippen molar-refractivity contribution in [1.29, 1.82) is 0 Å². The number of halogens is 4. The van der Waals surface area contributed by atoms with Gasteiger partial charge in [0.25, 0.3) is 5.69 Å². The highest BCUT2D eigenvalue weighted by atomic mass is 19.4. The lowest BCUT2D eigenvalue weighted by Crippen LogP contribution is -2.30. The summed E-state index contributed by atoms with van der Waals surface area (Å²) in [6, 6.07) is 6.27. The molecule has 3 rings (SSSR count). The molecule has 0 bridgehead atoms. The van der Waals surface area contributed by atoms with E-state index >= 15 is 0 Å². The molecule has 0 unspecified atom stereocenters. The van der Waals surface area contributed by atoms with E-state index in [0.717, 1.165) is 6.07 Å². The van der Waals surface area contributed by atoms with Gasteiger partial charge in [0, 0.05) is 24.5 Å². The fraction of sp³-hybridized carbons (Fsp3) is 0.211. The van der Waals surface area contributed by atoms with Gasteiger partial charge in [-0.3, -0.25) is 25.8 Å². The summed E-state index contributed by atoms with van der Waals surface area (Å²) in [4.78, 5) is 26.1. The zero-order valence-electron chi connectivity index (χ0n) is 16.4. The highest BCUT2D eigenvalue weighted by molar-refractivity contribution is 5.78. The molecule has 168 valence electrons. The van der Waals surface area contributed by atoms with Gasteiger partial charge in [0.1, 0.15) is 11.5 Å². The van der Waals surface area contributed by atoms with Crippen LogP contribution < -0.4 is 10.9 Å². The molecule has 1 amide bonds. The number of aryl methyl sites for hydroxylation is 2. The normalized spacial score (nSPS) is 11.3. The van der Waals surface area contributed by atoms with Gasteiger partial charge in [-0.25, -0.2) is 4.39 Å². The Labute approximate surface area is 177 Å². The van der Waals surface area contributed by atoms with E-state index in [9.17, 15) is 32.5 Å². The number of nitrogens with one attached hydrogen (secondary N) is 2. The maximum Gasteiger partial charge on any atom is 0.416 e. The van der Waals surface area contributed by atoms with Crippen molar-refractivity contribution < 1.29 is 31.8 Å². The van der Waals surface area contributed by atoms with Crippen LogP contribution >= 0.6 is 0 Å². The molecule has 0 aliphatic rings. The highest BCUT2D eigenvalue weighted by Crippen LogP contribution is 2.34. The van der Waals surface area contributed by atoms with Crippen LogP contribution in [0.5, 0.6) is 0 Å². The lowest BCUT2D eigenvalue weighted by molar-refractivity contribution is -0.384. The first kappa shape index (κ1) is 22.7. The fourth-order valence-electron chi connectivity index (χ4n) is 2.59. The molecule has 0 radical (unpaired) electrons. The number of carbonyl (C=O) groups is 1. The summed E-state index contributed by atoms with van der Waals surface area (Å²) in [7, 11) is 0. The molecule has 0 aliphatic heterocycles. The van der Waals surface area contributed by atoms with Gasteiger partial charge in [0.2, 0.25) is 17.6 Å². The molecule has 0 spiro atoms. The van der Waals surface area contributed by atoms with E-state index in [1.54, 1.807) is 19.1 Å². The van der Waals surface area contributed by atoms with Crippen LogP contribution in [0.25, 0.3) is 11.4 Å². The number of nitrogens with zero attached hydrogens (tertiary/aromatic N) is 3. The zero-order valence-corrected chi connectivity index (χ0v) is 16.4. The van der Waals surface area contributed by atoms with E-state index < -0.39 is 34.1 Å². The first-order valence-corrected chi connectivity index (χ1v) is 9.04. The van der Waals surface area contributed by atoms with Crippen LogP contribution in [-0.4, -0.2) is 21.0 Å². The Morgan fingerprint density at radius 1 is 1.22 bits per heavy atom. The van der Waals surface area contributed by atoms with Crippen molar-refractivity contribution in [3.8, 4) is 11.4 Å². The van der Waals surface area contributed by atoms with E-state index in [4.69, 9.17) is 4.52 Å². The number of anilines is 1. The van der Waals surface area contributed by atoms with Gasteiger partial charge in [-0.1, -0.05) is 17.3 Å². The standard InChI is InChI=1S/C19H15F4N5O4/c1-10-2-3-11(8-13(10)20)18-24-17(32-27-18)7-6-16(29)26-25-14-5-4-12(19(21,22)23)9-15(14)28(30)31/h2-5,8-9,25H,6-7H2,1H3,(H,26,29). The highest BCUT2D eigenvalue weighted by Gasteiger charge is 2.33. The summed E-state index contributed by atoms with van der Waals surface area (Å²) >= 11 is 0. The Morgan fingerprint density at radius 2 is 1.97 bits per heavy atom. The summed E-state index contributed by atoms with van der Waals surface area (Å²) in [5.74, 6) is -0.841. The Kier molecular flexibility index (Phi) is 6.37. The van der Waals surface area contributed by atoms with Crippen LogP contribution in [-0.2, 0) is 17.4 Å². The van der Waals surface area contributed by atoms with Gasteiger partial charge < -0.3 is 4.52 Å². The summed E-state index contributed by atoms with van der Waals surface area (Å²) in [5.41, 5.74) is 2.87. The molecular formula is C19H15F4N5O4. The van der Waals surface area contributed by atoms with Crippen molar-refractivity contribution >= 4 is 17.3 Å². The van der Waals surface area contributed by atoms with Crippen molar-refractivity contribution in [2.75, 3.05) is 5.43 Å². The Morgan fingerprint density at radius 3 is 2.62 bits per heavy atom. The Hall–Kier alpha value is -4.03. The number of nitro groups is 1. The Balaban J connectivity index is 1.59. The van der Waals surface area contributed by atoms with Gasteiger partial charge in [-0.2, -0.15) is 18.2 Å². The summed E-state index contributed by atoms with van der Waals surface area (Å²) in [5, 5.41) is 14.8. The van der Waals surface area contributed by atoms with E-state index in [1.807, 2.05) is 0 Å². The van der Waals surface area contributed by atoms with Gasteiger partial charge >= 0.3 is 6.18 Å². The second-order valence-electron chi connectivity index (χ2n) is 6.64. The molecule has 0 saturated heterocycles. The quantitative estimate of drug-likeness (QED) is 0.312. The molecule has 2 N–H and O–H groups in total. The molecule has 9 nitrogen and oxygen atoms in total. The largest absolute Gasteiger partial charge is 0.416 e. The minimum atomic E-state index is -4.75. The number of nitro benzene ring substituents is 1. The Bertz CT molecular complexity index is 1160. The monoisotopic (exact) mass is 453 g/mol. The molecule has 0 saturated carbocycles. The van der Waals surface area contributed by atoms with Crippen molar-refractivity contribution in [1.82, 2.24) is 15.6 Å². The smallest absolute Gasteiger partial charge is 0.339 e. The number of hydrogen-bond donors (Lipinski definition) is 2. The number of hydrogen-bond acceptors (Lipinski definition) is 7. The molecule has 0 aliphatic carbocycles. The van der Waals surface area contributed by atoms with Crippen LogP contribution in [0, 0.1) is 22.9 Å².